The second-order valence-corrected chi connectivity index (χ2v) is 5.63. The SMILES string of the molecule is O=c1c2cnn(-c3ccccc3)c2cc(-c2ccsc2)n1O. The summed E-state index contributed by atoms with van der Waals surface area (Å²) in [6.45, 7) is 0. The van der Waals surface area contributed by atoms with E-state index in [1.807, 2.05) is 47.2 Å². The van der Waals surface area contributed by atoms with Crippen LogP contribution in [0.1, 0.15) is 0 Å². The third-order valence-electron chi connectivity index (χ3n) is 3.55. The summed E-state index contributed by atoms with van der Waals surface area (Å²) in [6, 6.07) is 13.2. The van der Waals surface area contributed by atoms with Crippen LogP contribution in [0, 0.1) is 0 Å². The molecule has 0 amide bonds. The first-order valence-corrected chi connectivity index (χ1v) is 7.61. The number of benzene rings is 1. The molecule has 3 aromatic heterocycles. The number of hydrogen-bond acceptors (Lipinski definition) is 4. The number of aromatic nitrogens is 3. The Morgan fingerprint density at radius 3 is 2.68 bits per heavy atom. The van der Waals surface area contributed by atoms with Crippen LogP contribution in [0.25, 0.3) is 27.8 Å². The van der Waals surface area contributed by atoms with Gasteiger partial charge in [0.15, 0.2) is 0 Å². The highest BCUT2D eigenvalue weighted by atomic mass is 32.1. The van der Waals surface area contributed by atoms with Gasteiger partial charge in [-0.25, -0.2) is 4.68 Å². The largest absolute Gasteiger partial charge is 0.425 e. The number of hydrogen-bond donors (Lipinski definition) is 1. The van der Waals surface area contributed by atoms with Crippen LogP contribution in [-0.2, 0) is 0 Å². The van der Waals surface area contributed by atoms with Gasteiger partial charge in [0.1, 0.15) is 0 Å². The molecule has 1 N–H and O–H groups in total. The zero-order valence-electron chi connectivity index (χ0n) is 11.4. The summed E-state index contributed by atoms with van der Waals surface area (Å²) < 4.78 is 2.38. The van der Waals surface area contributed by atoms with Crippen molar-refractivity contribution < 1.29 is 5.21 Å². The van der Waals surface area contributed by atoms with Crippen molar-refractivity contribution in [2.24, 2.45) is 0 Å². The summed E-state index contributed by atoms with van der Waals surface area (Å²) in [5.41, 5.74) is 2.32. The average Bonchev–Trinajstić information content (AvgIpc) is 3.21. The van der Waals surface area contributed by atoms with E-state index in [4.69, 9.17) is 0 Å². The molecule has 0 radical (unpaired) electrons. The molecule has 0 saturated carbocycles. The van der Waals surface area contributed by atoms with Crippen molar-refractivity contribution in [3.05, 3.63) is 69.8 Å². The maximum Gasteiger partial charge on any atom is 0.294 e. The van der Waals surface area contributed by atoms with E-state index in [9.17, 15) is 10.0 Å². The van der Waals surface area contributed by atoms with Crippen LogP contribution in [0.3, 0.4) is 0 Å². The predicted octanol–water partition coefficient (Wildman–Crippen LogP) is 3.15. The van der Waals surface area contributed by atoms with Gasteiger partial charge in [0.25, 0.3) is 5.56 Å². The van der Waals surface area contributed by atoms with Gasteiger partial charge in [0.2, 0.25) is 0 Å². The first kappa shape index (κ1) is 12.8. The fourth-order valence-corrected chi connectivity index (χ4v) is 3.12. The lowest BCUT2D eigenvalue weighted by Gasteiger charge is -2.07. The molecule has 4 rings (SSSR count). The first-order chi connectivity index (χ1) is 10.8. The van der Waals surface area contributed by atoms with E-state index in [-0.39, 0.29) is 0 Å². The molecule has 5 nitrogen and oxygen atoms in total. The lowest BCUT2D eigenvalue weighted by Crippen LogP contribution is -2.19. The molecule has 0 aliphatic rings. The van der Waals surface area contributed by atoms with Gasteiger partial charge in [0, 0.05) is 10.9 Å². The first-order valence-electron chi connectivity index (χ1n) is 6.67. The Kier molecular flexibility index (Phi) is 2.83. The maximum absolute atomic E-state index is 12.4. The third kappa shape index (κ3) is 1.85. The molecule has 0 spiro atoms. The van der Waals surface area contributed by atoms with Crippen LogP contribution in [-0.4, -0.2) is 19.7 Å². The molecule has 0 unspecified atom stereocenters. The van der Waals surface area contributed by atoms with Gasteiger partial charge in [0.05, 0.1) is 28.5 Å². The van der Waals surface area contributed by atoms with Crippen molar-refractivity contribution >= 4 is 22.2 Å². The van der Waals surface area contributed by atoms with E-state index >= 15 is 0 Å². The second kappa shape index (κ2) is 4.85. The molecule has 0 saturated heterocycles. The Labute approximate surface area is 129 Å². The fourth-order valence-electron chi connectivity index (χ4n) is 2.47. The summed E-state index contributed by atoms with van der Waals surface area (Å²) in [5, 5.41) is 18.6. The fraction of sp³-hybridized carbons (Fsp3) is 0. The van der Waals surface area contributed by atoms with Gasteiger partial charge in [-0.1, -0.05) is 18.2 Å². The second-order valence-electron chi connectivity index (χ2n) is 4.85. The lowest BCUT2D eigenvalue weighted by molar-refractivity contribution is 0.181. The molecule has 6 heteroatoms. The van der Waals surface area contributed by atoms with Gasteiger partial charge in [-0.05, 0) is 29.6 Å². The van der Waals surface area contributed by atoms with Gasteiger partial charge in [-0.3, -0.25) is 4.79 Å². The van der Waals surface area contributed by atoms with Crippen molar-refractivity contribution in [1.82, 2.24) is 14.5 Å². The average molecular weight is 309 g/mol. The van der Waals surface area contributed by atoms with E-state index in [0.717, 1.165) is 11.3 Å². The number of pyridine rings is 1. The highest BCUT2D eigenvalue weighted by Crippen LogP contribution is 2.24. The molecule has 0 fully saturated rings. The van der Waals surface area contributed by atoms with E-state index in [2.05, 4.69) is 5.10 Å². The highest BCUT2D eigenvalue weighted by Gasteiger charge is 2.15. The predicted molar refractivity (Wildman–Crippen MR) is 85.8 cm³/mol. The molecule has 0 bridgehead atoms. The minimum Gasteiger partial charge on any atom is -0.425 e. The number of fused-ring (bicyclic) bond motifs is 1. The summed E-state index contributed by atoms with van der Waals surface area (Å²) in [7, 11) is 0. The Bertz CT molecular complexity index is 1000. The molecule has 0 aliphatic carbocycles. The maximum atomic E-state index is 12.4. The minimum absolute atomic E-state index is 0.380. The van der Waals surface area contributed by atoms with Gasteiger partial charge >= 0.3 is 0 Å². The highest BCUT2D eigenvalue weighted by molar-refractivity contribution is 7.08. The van der Waals surface area contributed by atoms with Crippen molar-refractivity contribution in [1.29, 1.82) is 0 Å². The van der Waals surface area contributed by atoms with Gasteiger partial charge in [-0.2, -0.15) is 16.4 Å². The Balaban J connectivity index is 2.05. The molecule has 4 aromatic rings. The molecular formula is C16H11N3O2S. The topological polar surface area (TPSA) is 60.0 Å². The number of rotatable bonds is 2. The van der Waals surface area contributed by atoms with Crippen LogP contribution >= 0.6 is 11.3 Å². The van der Waals surface area contributed by atoms with Gasteiger partial charge < -0.3 is 5.21 Å². The van der Waals surface area contributed by atoms with E-state index in [0.29, 0.717) is 21.3 Å². The van der Waals surface area contributed by atoms with E-state index in [1.165, 1.54) is 17.5 Å². The van der Waals surface area contributed by atoms with E-state index in [1.54, 1.807) is 10.7 Å². The van der Waals surface area contributed by atoms with Crippen molar-refractivity contribution in [2.75, 3.05) is 0 Å². The molecular weight excluding hydrogens is 298 g/mol. The normalized spacial score (nSPS) is 11.1. The van der Waals surface area contributed by atoms with Crippen LogP contribution in [0.2, 0.25) is 0 Å². The zero-order chi connectivity index (χ0) is 15.1. The quantitative estimate of drug-likeness (QED) is 0.579. The monoisotopic (exact) mass is 309 g/mol. The Hall–Kier alpha value is -2.86. The molecule has 0 atom stereocenters. The molecule has 1 aromatic carbocycles. The minimum atomic E-state index is -0.471. The number of para-hydroxylation sites is 1. The van der Waals surface area contributed by atoms with Gasteiger partial charge in [-0.15, -0.1) is 4.73 Å². The molecule has 0 aliphatic heterocycles. The van der Waals surface area contributed by atoms with Crippen LogP contribution in [0.5, 0.6) is 0 Å². The third-order valence-corrected chi connectivity index (χ3v) is 4.23. The van der Waals surface area contributed by atoms with Crippen LogP contribution in [0.15, 0.2) is 64.2 Å². The molecule has 3 heterocycles. The zero-order valence-corrected chi connectivity index (χ0v) is 12.2. The number of thiophene rings is 1. The van der Waals surface area contributed by atoms with Crippen molar-refractivity contribution in [2.45, 2.75) is 0 Å². The lowest BCUT2D eigenvalue weighted by atomic mass is 10.2. The van der Waals surface area contributed by atoms with Crippen LogP contribution < -0.4 is 5.56 Å². The summed E-state index contributed by atoms with van der Waals surface area (Å²) in [4.78, 5) is 12.4. The standard InChI is InChI=1S/C16H11N3O2S/c20-16-13-9-17-18(12-4-2-1-3-5-12)15(13)8-14(19(16)21)11-6-7-22-10-11/h1-10,21H. The van der Waals surface area contributed by atoms with Crippen molar-refractivity contribution in [3.63, 3.8) is 0 Å². The van der Waals surface area contributed by atoms with E-state index < -0.39 is 5.56 Å². The van der Waals surface area contributed by atoms with Crippen LogP contribution in [0.4, 0.5) is 0 Å². The smallest absolute Gasteiger partial charge is 0.294 e. The summed E-state index contributed by atoms with van der Waals surface area (Å²) >= 11 is 1.51. The van der Waals surface area contributed by atoms with Crippen molar-refractivity contribution in [3.8, 4) is 16.9 Å². The number of nitrogens with zero attached hydrogens (tertiary/aromatic N) is 3. The Morgan fingerprint density at radius 1 is 1.14 bits per heavy atom. The molecule has 22 heavy (non-hydrogen) atoms. The summed E-state index contributed by atoms with van der Waals surface area (Å²) in [5.74, 6) is 0. The molecule has 108 valence electrons. The summed E-state index contributed by atoms with van der Waals surface area (Å²) in [6.07, 6.45) is 1.48. The Morgan fingerprint density at radius 2 is 1.95 bits per heavy atom.